The van der Waals surface area contributed by atoms with Crippen LogP contribution in [0.4, 0.5) is 0 Å². The van der Waals surface area contributed by atoms with Crippen LogP contribution in [0.3, 0.4) is 0 Å². The van der Waals surface area contributed by atoms with Gasteiger partial charge in [-0.25, -0.2) is 9.97 Å². The van der Waals surface area contributed by atoms with Crippen molar-refractivity contribution >= 4 is 5.91 Å². The highest BCUT2D eigenvalue weighted by atomic mass is 16.2. The second kappa shape index (κ2) is 5.10. The number of piperidine rings is 1. The normalized spacial score (nSPS) is 24.4. The van der Waals surface area contributed by atoms with Crippen molar-refractivity contribution in [2.75, 3.05) is 6.54 Å². The monoisotopic (exact) mass is 284 g/mol. The second-order valence-corrected chi connectivity index (χ2v) is 6.73. The highest BCUT2D eigenvalue weighted by Crippen LogP contribution is 2.38. The van der Waals surface area contributed by atoms with Crippen LogP contribution in [-0.2, 0) is 0 Å². The average Bonchev–Trinajstić information content (AvgIpc) is 3.30. The molecule has 1 aliphatic heterocycles. The van der Waals surface area contributed by atoms with Gasteiger partial charge in [0.05, 0.1) is 11.6 Å². The molecule has 5 nitrogen and oxygen atoms in total. The number of aromatic nitrogens is 2. The van der Waals surface area contributed by atoms with Crippen molar-refractivity contribution in [3.05, 3.63) is 23.8 Å². The lowest BCUT2D eigenvalue weighted by Gasteiger charge is -2.42. The van der Waals surface area contributed by atoms with Gasteiger partial charge in [0.25, 0.3) is 5.91 Å². The van der Waals surface area contributed by atoms with Crippen molar-refractivity contribution in [2.45, 2.75) is 51.5 Å². The third-order valence-electron chi connectivity index (χ3n) is 4.52. The lowest BCUT2D eigenvalue weighted by Crippen LogP contribution is -2.51. The number of rotatable bonds is 2. The molecule has 1 unspecified atom stereocenters. The molecule has 0 aromatic carbocycles. The minimum absolute atomic E-state index is 0.128. The van der Waals surface area contributed by atoms with Gasteiger partial charge >= 0.3 is 0 Å². The van der Waals surface area contributed by atoms with Crippen LogP contribution < -0.4 is 0 Å². The van der Waals surface area contributed by atoms with Gasteiger partial charge in [0.1, 0.15) is 11.9 Å². The predicted molar refractivity (Wildman–Crippen MR) is 77.5 cm³/mol. The molecule has 1 amide bonds. The lowest BCUT2D eigenvalue weighted by molar-refractivity contribution is 0.0437. The van der Waals surface area contributed by atoms with Crippen LogP contribution in [0.25, 0.3) is 0 Å². The first kappa shape index (κ1) is 14.0. The quantitative estimate of drug-likeness (QED) is 0.836. The largest absolute Gasteiger partial charge is 0.322 e. The summed E-state index contributed by atoms with van der Waals surface area (Å²) in [5.74, 6) is 1.19. The van der Waals surface area contributed by atoms with Crippen molar-refractivity contribution in [1.29, 1.82) is 5.26 Å². The van der Waals surface area contributed by atoms with Gasteiger partial charge < -0.3 is 4.90 Å². The molecule has 3 rings (SSSR count). The van der Waals surface area contributed by atoms with Gasteiger partial charge in [-0.2, -0.15) is 5.26 Å². The van der Waals surface area contributed by atoms with Gasteiger partial charge in [0, 0.05) is 24.9 Å². The van der Waals surface area contributed by atoms with E-state index in [9.17, 15) is 10.1 Å². The van der Waals surface area contributed by atoms with Crippen molar-refractivity contribution in [3.63, 3.8) is 0 Å². The van der Waals surface area contributed by atoms with E-state index >= 15 is 0 Å². The molecule has 0 bridgehead atoms. The molecule has 1 saturated heterocycles. The smallest absolute Gasteiger partial charge is 0.258 e. The minimum Gasteiger partial charge on any atom is -0.322 e. The highest BCUT2D eigenvalue weighted by Gasteiger charge is 2.40. The summed E-state index contributed by atoms with van der Waals surface area (Å²) in [6.45, 7) is 4.73. The maximum absolute atomic E-state index is 12.6. The molecule has 1 aromatic heterocycles. The molecule has 110 valence electrons. The molecule has 21 heavy (non-hydrogen) atoms. The first-order chi connectivity index (χ1) is 10.0. The zero-order chi connectivity index (χ0) is 15.0. The summed E-state index contributed by atoms with van der Waals surface area (Å²) >= 11 is 0. The first-order valence-electron chi connectivity index (χ1n) is 7.55. The Morgan fingerprint density at radius 3 is 2.62 bits per heavy atom. The van der Waals surface area contributed by atoms with Crippen molar-refractivity contribution < 1.29 is 4.79 Å². The number of hydrogen-bond donors (Lipinski definition) is 0. The third-order valence-corrected chi connectivity index (χ3v) is 4.52. The fourth-order valence-corrected chi connectivity index (χ4v) is 3.02. The van der Waals surface area contributed by atoms with Gasteiger partial charge in [0.15, 0.2) is 0 Å². The standard InChI is InChI=1S/C16H20N4O/c1-16(2)6-3-7-20(13(16)8-17)15(21)12-9-18-14(19-10-12)11-4-5-11/h9-11,13H,3-7H2,1-2H3. The van der Waals surface area contributed by atoms with E-state index in [-0.39, 0.29) is 17.4 Å². The summed E-state index contributed by atoms with van der Waals surface area (Å²) in [5.41, 5.74) is 0.314. The van der Waals surface area contributed by atoms with E-state index in [1.54, 1.807) is 17.3 Å². The Bertz CT molecular complexity index is 583. The van der Waals surface area contributed by atoms with E-state index < -0.39 is 0 Å². The van der Waals surface area contributed by atoms with Crippen LogP contribution in [0.2, 0.25) is 0 Å². The first-order valence-corrected chi connectivity index (χ1v) is 7.55. The number of carbonyl (C=O) groups is 1. The number of likely N-dealkylation sites (tertiary alicyclic amines) is 1. The van der Waals surface area contributed by atoms with Gasteiger partial charge in [-0.05, 0) is 31.1 Å². The van der Waals surface area contributed by atoms with Crippen molar-refractivity contribution in [2.24, 2.45) is 5.41 Å². The predicted octanol–water partition coefficient (Wildman–Crippen LogP) is 2.51. The van der Waals surface area contributed by atoms with Crippen molar-refractivity contribution in [1.82, 2.24) is 14.9 Å². The molecular weight excluding hydrogens is 264 g/mol. The average molecular weight is 284 g/mol. The van der Waals surface area contributed by atoms with Crippen LogP contribution in [0.1, 0.15) is 61.6 Å². The number of carbonyl (C=O) groups excluding carboxylic acids is 1. The molecule has 2 fully saturated rings. The van der Waals surface area contributed by atoms with E-state index in [0.717, 1.165) is 31.5 Å². The Kier molecular flexibility index (Phi) is 3.40. The Morgan fingerprint density at radius 2 is 2.05 bits per heavy atom. The molecule has 1 atom stereocenters. The molecular formula is C16H20N4O. The van der Waals surface area contributed by atoms with Crippen LogP contribution in [-0.4, -0.2) is 33.4 Å². The zero-order valence-corrected chi connectivity index (χ0v) is 12.5. The SMILES string of the molecule is CC1(C)CCCN(C(=O)c2cnc(C3CC3)nc2)C1C#N. The van der Waals surface area contributed by atoms with E-state index in [1.807, 2.05) is 13.8 Å². The third kappa shape index (κ3) is 2.63. The summed E-state index contributed by atoms with van der Waals surface area (Å²) in [7, 11) is 0. The second-order valence-electron chi connectivity index (χ2n) is 6.73. The molecule has 0 N–H and O–H groups in total. The topological polar surface area (TPSA) is 69.9 Å². The molecule has 5 heteroatoms. The summed E-state index contributed by atoms with van der Waals surface area (Å²) in [6, 6.07) is 1.91. The van der Waals surface area contributed by atoms with E-state index in [1.165, 1.54) is 0 Å². The fraction of sp³-hybridized carbons (Fsp3) is 0.625. The number of nitrogens with zero attached hydrogens (tertiary/aromatic N) is 4. The lowest BCUT2D eigenvalue weighted by atomic mass is 9.77. The summed E-state index contributed by atoms with van der Waals surface area (Å²) in [5, 5.41) is 9.44. The van der Waals surface area contributed by atoms with Crippen LogP contribution >= 0.6 is 0 Å². The Hall–Kier alpha value is -1.96. The van der Waals surface area contributed by atoms with Gasteiger partial charge in [-0.15, -0.1) is 0 Å². The van der Waals surface area contributed by atoms with Crippen molar-refractivity contribution in [3.8, 4) is 6.07 Å². The minimum atomic E-state index is -0.387. The molecule has 2 heterocycles. The summed E-state index contributed by atoms with van der Waals surface area (Å²) in [6.07, 6.45) is 7.40. The van der Waals surface area contributed by atoms with Gasteiger partial charge in [-0.3, -0.25) is 4.79 Å². The molecule has 0 spiro atoms. The van der Waals surface area contributed by atoms with Gasteiger partial charge in [0.2, 0.25) is 0 Å². The molecule has 2 aliphatic rings. The Morgan fingerprint density at radius 1 is 1.38 bits per heavy atom. The molecule has 0 radical (unpaired) electrons. The van der Waals surface area contributed by atoms with E-state index in [0.29, 0.717) is 18.0 Å². The van der Waals surface area contributed by atoms with Crippen LogP contribution in [0, 0.1) is 16.7 Å². The highest BCUT2D eigenvalue weighted by molar-refractivity contribution is 5.94. The van der Waals surface area contributed by atoms with Crippen LogP contribution in [0.15, 0.2) is 12.4 Å². The van der Waals surface area contributed by atoms with E-state index in [4.69, 9.17) is 0 Å². The number of amides is 1. The molecule has 1 aliphatic carbocycles. The molecule has 1 aromatic rings. The van der Waals surface area contributed by atoms with Crippen LogP contribution in [0.5, 0.6) is 0 Å². The van der Waals surface area contributed by atoms with Gasteiger partial charge in [-0.1, -0.05) is 13.8 Å². The molecule has 1 saturated carbocycles. The summed E-state index contributed by atoms with van der Waals surface area (Å²) in [4.78, 5) is 22.9. The zero-order valence-electron chi connectivity index (χ0n) is 12.5. The maximum atomic E-state index is 12.6. The Balaban J connectivity index is 1.81. The Labute approximate surface area is 125 Å². The number of hydrogen-bond acceptors (Lipinski definition) is 4. The number of nitriles is 1. The fourth-order valence-electron chi connectivity index (χ4n) is 3.02. The summed E-state index contributed by atoms with van der Waals surface area (Å²) < 4.78 is 0. The maximum Gasteiger partial charge on any atom is 0.258 e. The van der Waals surface area contributed by atoms with E-state index in [2.05, 4.69) is 16.0 Å².